The fourth-order valence-corrected chi connectivity index (χ4v) is 2.80. The average Bonchev–Trinajstić information content (AvgIpc) is 2.69. The highest BCUT2D eigenvalue weighted by Gasteiger charge is 2.20. The van der Waals surface area contributed by atoms with Crippen molar-refractivity contribution in [3.63, 3.8) is 0 Å². The first kappa shape index (κ1) is 9.91. The maximum atomic E-state index is 3.62. The minimum atomic E-state index is 0.459. The van der Waals surface area contributed by atoms with Crippen LogP contribution in [0, 0.1) is 0 Å². The number of aromatic amines is 1. The minimum absolute atomic E-state index is 0.459. The van der Waals surface area contributed by atoms with Crippen molar-refractivity contribution in [2.24, 2.45) is 0 Å². The normalized spacial score (nSPS) is 20.0. The monoisotopic (exact) mass is 214 g/mol. The van der Waals surface area contributed by atoms with Gasteiger partial charge < -0.3 is 10.3 Å². The molecule has 16 heavy (non-hydrogen) atoms. The van der Waals surface area contributed by atoms with Gasteiger partial charge in [0, 0.05) is 22.6 Å². The third-order valence-electron chi connectivity index (χ3n) is 3.70. The van der Waals surface area contributed by atoms with Crippen molar-refractivity contribution in [2.75, 3.05) is 6.54 Å². The molecule has 1 aromatic heterocycles. The maximum absolute atomic E-state index is 3.62. The van der Waals surface area contributed by atoms with Gasteiger partial charge in [0.2, 0.25) is 0 Å². The van der Waals surface area contributed by atoms with Crippen molar-refractivity contribution in [1.29, 1.82) is 0 Å². The molecule has 0 spiro atoms. The Balaban J connectivity index is 2.31. The lowest BCUT2D eigenvalue weighted by Crippen LogP contribution is -2.27. The summed E-state index contributed by atoms with van der Waals surface area (Å²) in [4.78, 5) is 3.62. The molecular formula is C14H18N2. The molecule has 0 radical (unpaired) electrons. The molecule has 0 saturated carbocycles. The number of benzene rings is 1. The molecule has 2 aromatic rings. The van der Waals surface area contributed by atoms with Crippen molar-refractivity contribution >= 4 is 10.9 Å². The SMILES string of the molecule is CCc1cccc2c3c([nH]c12)C(C)NCC3. The lowest BCUT2D eigenvalue weighted by Gasteiger charge is -2.20. The molecule has 1 atom stereocenters. The third-order valence-corrected chi connectivity index (χ3v) is 3.70. The van der Waals surface area contributed by atoms with E-state index in [0.29, 0.717) is 6.04 Å². The van der Waals surface area contributed by atoms with Gasteiger partial charge >= 0.3 is 0 Å². The van der Waals surface area contributed by atoms with Crippen molar-refractivity contribution in [2.45, 2.75) is 32.7 Å². The molecule has 1 aliphatic heterocycles. The summed E-state index contributed by atoms with van der Waals surface area (Å²) in [5, 5.41) is 4.94. The van der Waals surface area contributed by atoms with E-state index in [0.717, 1.165) is 19.4 Å². The number of nitrogens with one attached hydrogen (secondary N) is 2. The quantitative estimate of drug-likeness (QED) is 0.750. The van der Waals surface area contributed by atoms with Crippen LogP contribution >= 0.6 is 0 Å². The summed E-state index contributed by atoms with van der Waals surface area (Å²) in [6.07, 6.45) is 2.24. The summed E-state index contributed by atoms with van der Waals surface area (Å²) < 4.78 is 0. The Hall–Kier alpha value is -1.28. The summed E-state index contributed by atoms with van der Waals surface area (Å²) >= 11 is 0. The number of hydrogen-bond acceptors (Lipinski definition) is 1. The highest BCUT2D eigenvalue weighted by atomic mass is 15.0. The van der Waals surface area contributed by atoms with E-state index in [1.807, 2.05) is 0 Å². The first-order chi connectivity index (χ1) is 7.81. The van der Waals surface area contributed by atoms with Crippen LogP contribution in [-0.4, -0.2) is 11.5 Å². The number of rotatable bonds is 1. The van der Waals surface area contributed by atoms with Gasteiger partial charge in [-0.25, -0.2) is 0 Å². The van der Waals surface area contributed by atoms with E-state index in [1.165, 1.54) is 27.7 Å². The number of aryl methyl sites for hydroxylation is 1. The molecule has 2 heteroatoms. The lowest BCUT2D eigenvalue weighted by molar-refractivity contribution is 0.533. The number of hydrogen-bond donors (Lipinski definition) is 2. The van der Waals surface area contributed by atoms with Crippen LogP contribution in [-0.2, 0) is 12.8 Å². The Labute approximate surface area is 96.1 Å². The Morgan fingerprint density at radius 1 is 1.38 bits per heavy atom. The van der Waals surface area contributed by atoms with Gasteiger partial charge in [-0.05, 0) is 37.4 Å². The summed E-state index contributed by atoms with van der Waals surface area (Å²) in [5.74, 6) is 0. The van der Waals surface area contributed by atoms with Gasteiger partial charge in [0.1, 0.15) is 0 Å². The largest absolute Gasteiger partial charge is 0.357 e. The second kappa shape index (κ2) is 3.63. The van der Waals surface area contributed by atoms with E-state index in [1.54, 1.807) is 0 Å². The molecule has 0 amide bonds. The molecule has 2 N–H and O–H groups in total. The van der Waals surface area contributed by atoms with Gasteiger partial charge in [-0.1, -0.05) is 25.1 Å². The van der Waals surface area contributed by atoms with Gasteiger partial charge in [-0.15, -0.1) is 0 Å². The van der Waals surface area contributed by atoms with E-state index in [-0.39, 0.29) is 0 Å². The fourth-order valence-electron chi connectivity index (χ4n) is 2.80. The van der Waals surface area contributed by atoms with Crippen LogP contribution in [0.5, 0.6) is 0 Å². The fraction of sp³-hybridized carbons (Fsp3) is 0.429. The maximum Gasteiger partial charge on any atom is 0.0491 e. The predicted molar refractivity (Wildman–Crippen MR) is 67.8 cm³/mol. The summed E-state index contributed by atoms with van der Waals surface area (Å²) in [5.41, 5.74) is 5.70. The van der Waals surface area contributed by atoms with Crippen LogP contribution in [0.3, 0.4) is 0 Å². The van der Waals surface area contributed by atoms with Crippen molar-refractivity contribution in [3.05, 3.63) is 35.0 Å². The Morgan fingerprint density at radius 3 is 3.06 bits per heavy atom. The van der Waals surface area contributed by atoms with E-state index in [4.69, 9.17) is 0 Å². The van der Waals surface area contributed by atoms with Crippen LogP contribution in [0.15, 0.2) is 18.2 Å². The predicted octanol–water partition coefficient (Wildman–Crippen LogP) is 2.94. The number of para-hydroxylation sites is 1. The van der Waals surface area contributed by atoms with Crippen LogP contribution in [0.2, 0.25) is 0 Å². The first-order valence-corrected chi connectivity index (χ1v) is 6.17. The molecule has 2 nitrogen and oxygen atoms in total. The number of H-pyrrole nitrogens is 1. The molecule has 84 valence electrons. The van der Waals surface area contributed by atoms with Crippen LogP contribution in [0.4, 0.5) is 0 Å². The molecule has 1 aliphatic rings. The highest BCUT2D eigenvalue weighted by Crippen LogP contribution is 2.31. The van der Waals surface area contributed by atoms with Gasteiger partial charge in [0.15, 0.2) is 0 Å². The molecule has 3 rings (SSSR count). The van der Waals surface area contributed by atoms with Crippen molar-refractivity contribution < 1.29 is 0 Å². The van der Waals surface area contributed by atoms with Gasteiger partial charge in [-0.2, -0.15) is 0 Å². The first-order valence-electron chi connectivity index (χ1n) is 6.17. The zero-order chi connectivity index (χ0) is 11.1. The molecule has 0 aliphatic carbocycles. The van der Waals surface area contributed by atoms with Gasteiger partial charge in [0.25, 0.3) is 0 Å². The molecular weight excluding hydrogens is 196 g/mol. The Kier molecular flexibility index (Phi) is 2.25. The molecule has 1 aromatic carbocycles. The standard InChI is InChI=1S/C14H18N2/c1-3-10-5-4-6-11-12-7-8-15-9(2)13(12)16-14(10)11/h4-6,9,15-16H,3,7-8H2,1-2H3. The number of fused-ring (bicyclic) bond motifs is 3. The average molecular weight is 214 g/mol. The lowest BCUT2D eigenvalue weighted by atomic mass is 9.99. The van der Waals surface area contributed by atoms with Crippen LogP contribution in [0.25, 0.3) is 10.9 Å². The summed E-state index contributed by atoms with van der Waals surface area (Å²) in [7, 11) is 0. The zero-order valence-corrected chi connectivity index (χ0v) is 9.93. The summed E-state index contributed by atoms with van der Waals surface area (Å²) in [6, 6.07) is 7.12. The van der Waals surface area contributed by atoms with E-state index < -0.39 is 0 Å². The second-order valence-corrected chi connectivity index (χ2v) is 4.64. The molecule has 1 unspecified atom stereocenters. The molecule has 2 heterocycles. The highest BCUT2D eigenvalue weighted by molar-refractivity contribution is 5.87. The van der Waals surface area contributed by atoms with Crippen molar-refractivity contribution in [1.82, 2.24) is 10.3 Å². The van der Waals surface area contributed by atoms with Gasteiger partial charge in [0.05, 0.1) is 0 Å². The molecule has 0 saturated heterocycles. The van der Waals surface area contributed by atoms with Gasteiger partial charge in [-0.3, -0.25) is 0 Å². The van der Waals surface area contributed by atoms with E-state index in [9.17, 15) is 0 Å². The summed E-state index contributed by atoms with van der Waals surface area (Å²) in [6.45, 7) is 5.55. The Morgan fingerprint density at radius 2 is 2.25 bits per heavy atom. The van der Waals surface area contributed by atoms with E-state index >= 15 is 0 Å². The van der Waals surface area contributed by atoms with Crippen molar-refractivity contribution in [3.8, 4) is 0 Å². The van der Waals surface area contributed by atoms with Crippen LogP contribution < -0.4 is 5.32 Å². The Bertz CT molecular complexity index is 525. The molecule has 0 fully saturated rings. The van der Waals surface area contributed by atoms with E-state index in [2.05, 4.69) is 42.3 Å². The zero-order valence-electron chi connectivity index (χ0n) is 9.93. The topological polar surface area (TPSA) is 27.8 Å². The smallest absolute Gasteiger partial charge is 0.0491 e. The van der Waals surface area contributed by atoms with Crippen LogP contribution in [0.1, 0.15) is 36.7 Å². The second-order valence-electron chi connectivity index (χ2n) is 4.64. The number of aromatic nitrogens is 1. The molecule has 0 bridgehead atoms. The minimum Gasteiger partial charge on any atom is -0.357 e. The third kappa shape index (κ3) is 1.30.